The molecule has 1 amide bonds. The van der Waals surface area contributed by atoms with Crippen molar-refractivity contribution in [1.29, 1.82) is 0 Å². The smallest absolute Gasteiger partial charge is 0.237 e. The fourth-order valence-corrected chi connectivity index (χ4v) is 3.35. The van der Waals surface area contributed by atoms with E-state index >= 15 is 0 Å². The molecule has 1 aromatic carbocycles. The maximum atomic E-state index is 13.4. The highest BCUT2D eigenvalue weighted by molar-refractivity contribution is 5.81. The number of amides is 1. The Morgan fingerprint density at radius 1 is 1.31 bits per heavy atom. The highest BCUT2D eigenvalue weighted by Crippen LogP contribution is 2.18. The summed E-state index contributed by atoms with van der Waals surface area (Å²) in [4.78, 5) is 20.9. The van der Waals surface area contributed by atoms with Crippen molar-refractivity contribution in [3.05, 3.63) is 41.8 Å². The van der Waals surface area contributed by atoms with Gasteiger partial charge < -0.3 is 21.3 Å². The van der Waals surface area contributed by atoms with E-state index in [4.69, 9.17) is 0 Å². The molecule has 8 heteroatoms. The minimum atomic E-state index is -0.326. The molecule has 3 rings (SSSR count). The van der Waals surface area contributed by atoms with Gasteiger partial charge in [-0.3, -0.25) is 4.79 Å². The summed E-state index contributed by atoms with van der Waals surface area (Å²) in [6, 6.07) is 6.10. The molecule has 0 unspecified atom stereocenters. The van der Waals surface area contributed by atoms with Gasteiger partial charge in [-0.1, -0.05) is 31.3 Å². The number of piperidine rings is 1. The van der Waals surface area contributed by atoms with Crippen molar-refractivity contribution in [2.45, 2.75) is 51.5 Å². The van der Waals surface area contributed by atoms with E-state index in [-0.39, 0.29) is 17.8 Å². The summed E-state index contributed by atoms with van der Waals surface area (Å²) in [5.74, 6) is 7.04. The summed E-state index contributed by atoms with van der Waals surface area (Å²) in [6.07, 6.45) is 7.19. The second-order valence-corrected chi connectivity index (χ2v) is 7.72. The van der Waals surface area contributed by atoms with Crippen molar-refractivity contribution < 1.29 is 9.18 Å². The molecule has 2 heterocycles. The Morgan fingerprint density at radius 3 is 3.00 bits per heavy atom. The van der Waals surface area contributed by atoms with Gasteiger partial charge in [0.25, 0.3) is 0 Å². The predicted octanol–water partition coefficient (Wildman–Crippen LogP) is 3.57. The van der Waals surface area contributed by atoms with E-state index in [1.807, 2.05) is 0 Å². The first-order valence-corrected chi connectivity index (χ1v) is 11.3. The zero-order valence-corrected chi connectivity index (χ0v) is 18.5. The first kappa shape index (κ1) is 23.5. The van der Waals surface area contributed by atoms with E-state index in [2.05, 4.69) is 50.0 Å². The number of carbonyl (C=O) groups excluding carboxylic acids is 1. The molecule has 1 saturated heterocycles. The van der Waals surface area contributed by atoms with Crippen LogP contribution >= 0.6 is 0 Å². The second-order valence-electron chi connectivity index (χ2n) is 7.72. The van der Waals surface area contributed by atoms with Gasteiger partial charge in [0.05, 0.1) is 17.8 Å². The van der Waals surface area contributed by atoms with Crippen LogP contribution in [0.4, 0.5) is 21.8 Å². The maximum absolute atomic E-state index is 13.4. The van der Waals surface area contributed by atoms with Crippen molar-refractivity contribution >= 4 is 23.4 Å². The second kappa shape index (κ2) is 12.6. The third kappa shape index (κ3) is 7.50. The SMILES string of the molecule is CCCNc1nc(Nc2cccc(F)c2)ncc1C#CCCCNC(=O)[C@@H]1CCCCN1. The van der Waals surface area contributed by atoms with Crippen LogP contribution in [0.5, 0.6) is 0 Å². The quantitative estimate of drug-likeness (QED) is 0.353. The standard InChI is InChI=1S/C24H31FN6O/c1-2-13-27-22-18(17-29-24(31-22)30-20-11-8-10-19(25)16-20)9-4-3-6-15-28-23(32)21-12-5-7-14-26-21/h8,10-11,16-17,21,26H,2-3,5-7,12-15H2,1H3,(H,28,32)(H2,27,29,30,31)/t21-/m0/s1. The van der Waals surface area contributed by atoms with Crippen LogP contribution in [0.3, 0.4) is 0 Å². The summed E-state index contributed by atoms with van der Waals surface area (Å²) >= 11 is 0. The van der Waals surface area contributed by atoms with Gasteiger partial charge in [0.15, 0.2) is 0 Å². The average Bonchev–Trinajstić information content (AvgIpc) is 2.81. The molecule has 0 radical (unpaired) electrons. The van der Waals surface area contributed by atoms with E-state index in [0.717, 1.165) is 45.2 Å². The molecule has 0 saturated carbocycles. The molecule has 1 fully saturated rings. The number of unbranched alkanes of at least 4 members (excludes halogenated alkanes) is 1. The molecule has 1 aliphatic rings. The van der Waals surface area contributed by atoms with Crippen LogP contribution in [0, 0.1) is 17.7 Å². The van der Waals surface area contributed by atoms with Crippen LogP contribution in [0.1, 0.15) is 51.0 Å². The van der Waals surface area contributed by atoms with Crippen LogP contribution in [0.25, 0.3) is 0 Å². The predicted molar refractivity (Wildman–Crippen MR) is 125 cm³/mol. The van der Waals surface area contributed by atoms with Crippen LogP contribution in [0.15, 0.2) is 30.5 Å². The summed E-state index contributed by atoms with van der Waals surface area (Å²) in [5, 5.41) is 12.5. The molecule has 2 aromatic rings. The average molecular weight is 439 g/mol. The van der Waals surface area contributed by atoms with Crippen LogP contribution in [-0.4, -0.2) is 41.6 Å². The van der Waals surface area contributed by atoms with Crippen LogP contribution < -0.4 is 21.3 Å². The summed E-state index contributed by atoms with van der Waals surface area (Å²) in [7, 11) is 0. The van der Waals surface area contributed by atoms with Crippen molar-refractivity contribution in [2.75, 3.05) is 30.3 Å². The molecule has 1 atom stereocenters. The van der Waals surface area contributed by atoms with Gasteiger partial charge in [-0.05, 0) is 50.4 Å². The Morgan fingerprint density at radius 2 is 2.22 bits per heavy atom. The first-order valence-electron chi connectivity index (χ1n) is 11.3. The third-order valence-corrected chi connectivity index (χ3v) is 5.04. The molecule has 1 aliphatic heterocycles. The van der Waals surface area contributed by atoms with E-state index < -0.39 is 0 Å². The highest BCUT2D eigenvalue weighted by atomic mass is 19.1. The van der Waals surface area contributed by atoms with Crippen molar-refractivity contribution in [3.8, 4) is 11.8 Å². The van der Waals surface area contributed by atoms with Gasteiger partial charge in [-0.15, -0.1) is 0 Å². The number of hydrogen-bond donors (Lipinski definition) is 4. The largest absolute Gasteiger partial charge is 0.369 e. The lowest BCUT2D eigenvalue weighted by molar-refractivity contribution is -0.123. The topological polar surface area (TPSA) is 91.0 Å². The number of anilines is 3. The molecule has 170 valence electrons. The molecule has 1 aromatic heterocycles. The molecular weight excluding hydrogens is 407 g/mol. The lowest BCUT2D eigenvalue weighted by Crippen LogP contribution is -2.46. The van der Waals surface area contributed by atoms with Crippen LogP contribution in [-0.2, 0) is 4.79 Å². The third-order valence-electron chi connectivity index (χ3n) is 5.04. The van der Waals surface area contributed by atoms with Gasteiger partial charge in [0.1, 0.15) is 11.6 Å². The maximum Gasteiger partial charge on any atom is 0.237 e. The summed E-state index contributed by atoms with van der Waals surface area (Å²) in [6.45, 7) is 4.35. The van der Waals surface area contributed by atoms with Crippen LogP contribution in [0.2, 0.25) is 0 Å². The van der Waals surface area contributed by atoms with E-state index in [0.29, 0.717) is 36.0 Å². The normalized spacial score (nSPS) is 15.4. The molecular formula is C24H31FN6O. The molecule has 4 N–H and O–H groups in total. The van der Waals surface area contributed by atoms with E-state index in [9.17, 15) is 9.18 Å². The van der Waals surface area contributed by atoms with Gasteiger partial charge in [-0.25, -0.2) is 9.37 Å². The molecule has 0 spiro atoms. The lowest BCUT2D eigenvalue weighted by Gasteiger charge is -2.22. The number of aromatic nitrogens is 2. The van der Waals surface area contributed by atoms with Gasteiger partial charge >= 0.3 is 0 Å². The van der Waals surface area contributed by atoms with Gasteiger partial charge in [0, 0.05) is 25.2 Å². The minimum Gasteiger partial charge on any atom is -0.369 e. The molecule has 32 heavy (non-hydrogen) atoms. The summed E-state index contributed by atoms with van der Waals surface area (Å²) in [5.41, 5.74) is 1.29. The Hall–Kier alpha value is -3.18. The molecule has 0 bridgehead atoms. The van der Waals surface area contributed by atoms with E-state index in [1.54, 1.807) is 18.3 Å². The fourth-order valence-electron chi connectivity index (χ4n) is 3.35. The Bertz CT molecular complexity index is 949. The minimum absolute atomic E-state index is 0.0568. The summed E-state index contributed by atoms with van der Waals surface area (Å²) < 4.78 is 13.4. The number of carbonyl (C=O) groups is 1. The molecule has 7 nitrogen and oxygen atoms in total. The molecule has 0 aliphatic carbocycles. The zero-order chi connectivity index (χ0) is 22.6. The Labute approximate surface area is 189 Å². The number of halogens is 1. The highest BCUT2D eigenvalue weighted by Gasteiger charge is 2.19. The fraction of sp³-hybridized carbons (Fsp3) is 0.458. The number of nitrogens with one attached hydrogen (secondary N) is 4. The number of nitrogens with zero attached hydrogens (tertiary/aromatic N) is 2. The van der Waals surface area contributed by atoms with Crippen molar-refractivity contribution in [3.63, 3.8) is 0 Å². The number of rotatable bonds is 9. The first-order chi connectivity index (χ1) is 15.7. The van der Waals surface area contributed by atoms with E-state index in [1.165, 1.54) is 12.1 Å². The lowest BCUT2D eigenvalue weighted by atomic mass is 10.0. The van der Waals surface area contributed by atoms with Gasteiger partial charge in [-0.2, -0.15) is 4.98 Å². The number of hydrogen-bond acceptors (Lipinski definition) is 6. The Kier molecular flexibility index (Phi) is 9.26. The monoisotopic (exact) mass is 438 g/mol. The Balaban J connectivity index is 1.53. The van der Waals surface area contributed by atoms with Crippen molar-refractivity contribution in [2.24, 2.45) is 0 Å². The van der Waals surface area contributed by atoms with Gasteiger partial charge in [0.2, 0.25) is 11.9 Å². The van der Waals surface area contributed by atoms with Crippen molar-refractivity contribution in [1.82, 2.24) is 20.6 Å². The number of benzene rings is 1. The zero-order valence-electron chi connectivity index (χ0n) is 18.5.